The molecule has 1 amide bonds. The summed E-state index contributed by atoms with van der Waals surface area (Å²) in [5.41, 5.74) is 2.52. The van der Waals surface area contributed by atoms with Crippen LogP contribution in [0, 0.1) is 5.92 Å². The lowest BCUT2D eigenvalue weighted by molar-refractivity contribution is -0.0336. The van der Waals surface area contributed by atoms with E-state index < -0.39 is 18.1 Å². The molecule has 3 heterocycles. The van der Waals surface area contributed by atoms with Crippen LogP contribution < -0.4 is 10.1 Å². The van der Waals surface area contributed by atoms with Crippen molar-refractivity contribution in [3.63, 3.8) is 0 Å². The minimum absolute atomic E-state index is 0.0815. The van der Waals surface area contributed by atoms with Gasteiger partial charge >= 0.3 is 12.1 Å². The molecule has 6 rings (SSSR count). The third kappa shape index (κ3) is 6.24. The molecule has 37 heavy (non-hydrogen) atoms. The summed E-state index contributed by atoms with van der Waals surface area (Å²) in [4.78, 5) is 26.7. The molecule has 0 aliphatic carbocycles. The van der Waals surface area contributed by atoms with E-state index in [2.05, 4.69) is 10.2 Å². The fraction of sp³-hybridized carbons (Fsp3) is 0.310. The zero-order chi connectivity index (χ0) is 25.8. The molecular weight excluding hydrogens is 492 g/mol. The summed E-state index contributed by atoms with van der Waals surface area (Å²) >= 11 is 6.08. The Hall–Kier alpha value is -3.55. The maximum atomic E-state index is 13.0. The third-order valence-corrected chi connectivity index (χ3v) is 7.27. The Bertz CT molecular complexity index is 1260. The van der Waals surface area contributed by atoms with E-state index in [1.807, 2.05) is 54.6 Å². The molecule has 2 N–H and O–H groups in total. The third-order valence-electron chi connectivity index (χ3n) is 7.05. The van der Waals surface area contributed by atoms with Crippen LogP contribution in [0.25, 0.3) is 0 Å². The average Bonchev–Trinajstić information content (AvgIpc) is 2.91. The van der Waals surface area contributed by atoms with E-state index in [0.717, 1.165) is 43.6 Å². The lowest BCUT2D eigenvalue weighted by Crippen LogP contribution is -2.52. The number of carbonyl (C=O) groups is 2. The van der Waals surface area contributed by atoms with Gasteiger partial charge in [-0.05, 0) is 78.9 Å². The number of nitrogens with one attached hydrogen (secondary N) is 1. The topological polar surface area (TPSA) is 88.1 Å². The van der Waals surface area contributed by atoms with Gasteiger partial charge in [0.15, 0.2) is 0 Å². The van der Waals surface area contributed by atoms with Crippen LogP contribution in [0.4, 0.5) is 4.79 Å². The average molecular weight is 521 g/mol. The van der Waals surface area contributed by atoms with Crippen molar-refractivity contribution in [3.05, 3.63) is 100 Å². The highest BCUT2D eigenvalue weighted by molar-refractivity contribution is 6.31. The maximum absolute atomic E-state index is 13.0. The molecule has 3 aliphatic heterocycles. The molecule has 3 aromatic carbocycles. The van der Waals surface area contributed by atoms with Crippen LogP contribution in [0.1, 0.15) is 45.9 Å². The highest BCUT2D eigenvalue weighted by atomic mass is 35.5. The summed E-state index contributed by atoms with van der Waals surface area (Å²) in [5, 5.41) is 12.7. The van der Waals surface area contributed by atoms with Crippen molar-refractivity contribution >= 4 is 23.7 Å². The fourth-order valence-corrected chi connectivity index (χ4v) is 5.40. The number of rotatable bonds is 8. The van der Waals surface area contributed by atoms with E-state index >= 15 is 0 Å². The predicted molar refractivity (Wildman–Crippen MR) is 140 cm³/mol. The van der Waals surface area contributed by atoms with Crippen molar-refractivity contribution in [1.29, 1.82) is 0 Å². The van der Waals surface area contributed by atoms with E-state index in [1.165, 1.54) is 12.1 Å². The standard InChI is InChI=1S/C29H29ClN2O5/c30-24-14-19(13-23(15-24)28(33)34)18-36-25-8-4-7-22(16-25)27(21-5-2-1-3-6-21)31-29(35)37-26-17-32-11-9-20(26)10-12-32/h1-8,13-16,20,26-27H,9-12,17-18H2,(H,31,35)(H,33,34)/t26-,27?/m0/s1. The second-order valence-corrected chi connectivity index (χ2v) is 10.0. The molecule has 0 saturated carbocycles. The summed E-state index contributed by atoms with van der Waals surface area (Å²) in [6.07, 6.45) is 1.63. The molecule has 0 spiro atoms. The predicted octanol–water partition coefficient (Wildman–Crippen LogP) is 5.53. The highest BCUT2D eigenvalue weighted by Crippen LogP contribution is 2.31. The number of carboxylic acids is 1. The Labute approximate surface area is 221 Å². The van der Waals surface area contributed by atoms with Crippen molar-refractivity contribution in [3.8, 4) is 5.75 Å². The minimum atomic E-state index is -1.05. The van der Waals surface area contributed by atoms with E-state index in [4.69, 9.17) is 21.1 Å². The monoisotopic (exact) mass is 520 g/mol. The molecule has 7 nitrogen and oxygen atoms in total. The minimum Gasteiger partial charge on any atom is -0.489 e. The van der Waals surface area contributed by atoms with Crippen molar-refractivity contribution in [1.82, 2.24) is 10.2 Å². The second kappa shape index (κ2) is 11.2. The number of carboxylic acid groups (broad SMARTS) is 1. The number of nitrogens with zero attached hydrogens (tertiary/aromatic N) is 1. The van der Waals surface area contributed by atoms with Crippen LogP contribution in [0.5, 0.6) is 5.75 Å². The van der Waals surface area contributed by atoms with Crippen LogP contribution in [-0.2, 0) is 11.3 Å². The van der Waals surface area contributed by atoms with Gasteiger partial charge < -0.3 is 19.9 Å². The maximum Gasteiger partial charge on any atom is 0.408 e. The zero-order valence-corrected chi connectivity index (χ0v) is 21.1. The van der Waals surface area contributed by atoms with Crippen molar-refractivity contribution in [2.75, 3.05) is 19.6 Å². The molecule has 2 bridgehead atoms. The SMILES string of the molecule is O=C(NC(c1ccccc1)c1cccc(OCc2cc(Cl)cc(C(=O)O)c2)c1)O[C@H]1CN2CCC1CC2. The van der Waals surface area contributed by atoms with Crippen LogP contribution in [0.2, 0.25) is 5.02 Å². The Morgan fingerprint density at radius 1 is 1.00 bits per heavy atom. The number of aromatic carboxylic acids is 1. The quantitative estimate of drug-likeness (QED) is 0.406. The number of fused-ring (bicyclic) bond motifs is 3. The van der Waals surface area contributed by atoms with Gasteiger partial charge in [-0.25, -0.2) is 9.59 Å². The summed E-state index contributed by atoms with van der Waals surface area (Å²) < 4.78 is 11.9. The van der Waals surface area contributed by atoms with Crippen LogP contribution >= 0.6 is 11.6 Å². The molecule has 3 fully saturated rings. The zero-order valence-electron chi connectivity index (χ0n) is 20.3. The molecular formula is C29H29ClN2O5. The van der Waals surface area contributed by atoms with Gasteiger partial charge in [0, 0.05) is 11.6 Å². The lowest BCUT2D eigenvalue weighted by atomic mass is 9.86. The summed E-state index contributed by atoms with van der Waals surface area (Å²) in [6.45, 7) is 3.11. The number of ether oxygens (including phenoxy) is 2. The lowest BCUT2D eigenvalue weighted by Gasteiger charge is -2.43. The number of alkyl carbamates (subject to hydrolysis) is 1. The van der Waals surface area contributed by atoms with Gasteiger partial charge in [0.1, 0.15) is 18.5 Å². The Morgan fingerprint density at radius 2 is 1.76 bits per heavy atom. The molecule has 8 heteroatoms. The van der Waals surface area contributed by atoms with Gasteiger partial charge in [-0.2, -0.15) is 0 Å². The van der Waals surface area contributed by atoms with Gasteiger partial charge in [-0.15, -0.1) is 0 Å². The molecule has 0 radical (unpaired) electrons. The smallest absolute Gasteiger partial charge is 0.408 e. The number of hydrogen-bond donors (Lipinski definition) is 2. The van der Waals surface area contributed by atoms with Gasteiger partial charge in [0.2, 0.25) is 0 Å². The van der Waals surface area contributed by atoms with E-state index in [9.17, 15) is 14.7 Å². The molecule has 1 unspecified atom stereocenters. The molecule has 192 valence electrons. The van der Waals surface area contributed by atoms with Crippen molar-refractivity contribution < 1.29 is 24.2 Å². The normalized spacial score (nSPS) is 21.2. The number of benzene rings is 3. The Balaban J connectivity index is 1.31. The number of carbonyl (C=O) groups excluding carboxylic acids is 1. The van der Waals surface area contributed by atoms with Crippen molar-refractivity contribution in [2.45, 2.75) is 31.6 Å². The number of amides is 1. The first-order valence-electron chi connectivity index (χ1n) is 12.4. The van der Waals surface area contributed by atoms with E-state index in [-0.39, 0.29) is 18.3 Å². The van der Waals surface area contributed by atoms with Crippen LogP contribution in [0.15, 0.2) is 72.8 Å². The molecule has 0 aromatic heterocycles. The van der Waals surface area contributed by atoms with Crippen molar-refractivity contribution in [2.24, 2.45) is 5.92 Å². The molecule has 3 aliphatic rings. The first-order chi connectivity index (χ1) is 17.9. The second-order valence-electron chi connectivity index (χ2n) is 9.58. The first kappa shape index (κ1) is 25.1. The Morgan fingerprint density at radius 3 is 2.46 bits per heavy atom. The number of halogens is 1. The largest absolute Gasteiger partial charge is 0.489 e. The number of hydrogen-bond acceptors (Lipinski definition) is 5. The first-order valence-corrected chi connectivity index (χ1v) is 12.8. The van der Waals surface area contributed by atoms with Crippen LogP contribution in [0.3, 0.4) is 0 Å². The van der Waals surface area contributed by atoms with Crippen LogP contribution in [-0.4, -0.2) is 47.8 Å². The Kier molecular flexibility index (Phi) is 7.63. The molecule has 2 atom stereocenters. The van der Waals surface area contributed by atoms with Gasteiger partial charge in [-0.1, -0.05) is 54.1 Å². The molecule has 3 saturated heterocycles. The fourth-order valence-electron chi connectivity index (χ4n) is 5.15. The van der Waals surface area contributed by atoms with E-state index in [0.29, 0.717) is 22.3 Å². The summed E-state index contributed by atoms with van der Waals surface area (Å²) in [7, 11) is 0. The molecule has 3 aromatic rings. The summed E-state index contributed by atoms with van der Waals surface area (Å²) in [5.74, 6) is -0.0359. The van der Waals surface area contributed by atoms with Gasteiger partial charge in [0.25, 0.3) is 0 Å². The highest BCUT2D eigenvalue weighted by Gasteiger charge is 2.36. The van der Waals surface area contributed by atoms with Gasteiger partial charge in [-0.3, -0.25) is 4.90 Å². The number of piperidine rings is 3. The van der Waals surface area contributed by atoms with Gasteiger partial charge in [0.05, 0.1) is 11.6 Å². The van der Waals surface area contributed by atoms with E-state index in [1.54, 1.807) is 6.07 Å². The summed E-state index contributed by atoms with van der Waals surface area (Å²) in [6, 6.07) is 21.4.